The van der Waals surface area contributed by atoms with Crippen LogP contribution in [-0.2, 0) is 9.53 Å². The zero-order valence-electron chi connectivity index (χ0n) is 22.8. The minimum Gasteiger partial charge on any atom is -0.376 e. The zero-order valence-corrected chi connectivity index (χ0v) is 23.6. The van der Waals surface area contributed by atoms with Gasteiger partial charge < -0.3 is 14.5 Å². The van der Waals surface area contributed by atoms with Crippen LogP contribution in [0.5, 0.6) is 0 Å². The highest BCUT2D eigenvalue weighted by molar-refractivity contribution is 7.99. The normalized spacial score (nSPS) is 22.6. The van der Waals surface area contributed by atoms with Crippen LogP contribution in [0.3, 0.4) is 0 Å². The van der Waals surface area contributed by atoms with Crippen molar-refractivity contribution in [2.24, 2.45) is 0 Å². The SMILES string of the molecule is C=CC(=O)N1[C@H](C)CN(c2nc(=O)n3c4c(c(-c5ccc(F)cc5F)c(C)cc24)SCC3COC2CC2)C[C@@H]1C. The number of amides is 1. The molecule has 1 saturated heterocycles. The van der Waals surface area contributed by atoms with E-state index in [1.54, 1.807) is 16.3 Å². The lowest BCUT2D eigenvalue weighted by Crippen LogP contribution is -2.58. The molecule has 3 aliphatic rings. The fourth-order valence-electron chi connectivity index (χ4n) is 6.13. The Morgan fingerprint density at radius 2 is 1.93 bits per heavy atom. The lowest BCUT2D eigenvalue weighted by atomic mass is 9.96. The van der Waals surface area contributed by atoms with Gasteiger partial charge in [-0.25, -0.2) is 13.6 Å². The first kappa shape index (κ1) is 27.0. The van der Waals surface area contributed by atoms with E-state index in [4.69, 9.17) is 4.74 Å². The standard InChI is InChI=1S/C30H32F2N4O3S/c1-5-25(37)35-17(3)12-34(13-18(35)4)29-23-10-16(2)26(22-9-6-19(31)11-24(22)32)28-27(23)36(30(38)33-29)20(15-40-28)14-39-21-7-8-21/h5-6,9-11,17-18,20-21H,1,7-8,12-15H2,2-4H3/t17-,18+,20?. The number of aromatic nitrogens is 2. The van der Waals surface area contributed by atoms with E-state index < -0.39 is 11.6 Å². The van der Waals surface area contributed by atoms with E-state index in [-0.39, 0.29) is 35.8 Å². The average Bonchev–Trinajstić information content (AvgIpc) is 3.74. The molecule has 1 unspecified atom stereocenters. The largest absolute Gasteiger partial charge is 0.376 e. The molecule has 6 rings (SSSR count). The van der Waals surface area contributed by atoms with Gasteiger partial charge in [0.05, 0.1) is 24.3 Å². The monoisotopic (exact) mass is 566 g/mol. The van der Waals surface area contributed by atoms with Crippen LogP contribution in [0.15, 0.2) is 46.6 Å². The summed E-state index contributed by atoms with van der Waals surface area (Å²) in [6.45, 7) is 10.9. The number of benzene rings is 2. The first-order valence-corrected chi connectivity index (χ1v) is 14.7. The molecule has 210 valence electrons. The fourth-order valence-corrected chi connectivity index (χ4v) is 7.49. The molecule has 3 atom stereocenters. The molecule has 2 aromatic carbocycles. The van der Waals surface area contributed by atoms with Crippen LogP contribution in [0, 0.1) is 18.6 Å². The van der Waals surface area contributed by atoms with Crippen molar-refractivity contribution in [3.63, 3.8) is 0 Å². The van der Waals surface area contributed by atoms with Crippen LogP contribution < -0.4 is 10.6 Å². The van der Waals surface area contributed by atoms with E-state index in [9.17, 15) is 14.0 Å². The molecule has 3 aromatic rings. The van der Waals surface area contributed by atoms with Crippen molar-refractivity contribution in [1.29, 1.82) is 0 Å². The van der Waals surface area contributed by atoms with Crippen molar-refractivity contribution >= 4 is 34.4 Å². The molecule has 1 aromatic heterocycles. The molecule has 10 heteroatoms. The summed E-state index contributed by atoms with van der Waals surface area (Å²) in [6, 6.07) is 5.10. The van der Waals surface area contributed by atoms with Gasteiger partial charge in [0.15, 0.2) is 0 Å². The minimum atomic E-state index is -0.646. The van der Waals surface area contributed by atoms with E-state index in [1.807, 2.05) is 31.7 Å². The number of carbonyl (C=O) groups excluding carboxylic acids is 1. The van der Waals surface area contributed by atoms with Gasteiger partial charge in [-0.05, 0) is 63.5 Å². The van der Waals surface area contributed by atoms with Crippen LogP contribution in [-0.4, -0.2) is 64.0 Å². The van der Waals surface area contributed by atoms with Crippen molar-refractivity contribution in [2.45, 2.75) is 62.7 Å². The molecule has 1 saturated carbocycles. The second-order valence-corrected chi connectivity index (χ2v) is 12.1. The third-order valence-corrected chi connectivity index (χ3v) is 9.26. The summed E-state index contributed by atoms with van der Waals surface area (Å²) in [6.07, 6.45) is 3.63. The number of piperazine rings is 1. The Bertz CT molecular complexity index is 1580. The predicted octanol–water partition coefficient (Wildman–Crippen LogP) is 5.09. The number of halogens is 2. The molecular formula is C30H32F2N4O3S. The van der Waals surface area contributed by atoms with Crippen molar-refractivity contribution in [3.05, 3.63) is 64.6 Å². The fraction of sp³-hybridized carbons (Fsp3) is 0.433. The van der Waals surface area contributed by atoms with Gasteiger partial charge in [-0.15, -0.1) is 11.8 Å². The second kappa shape index (κ2) is 10.3. The number of ether oxygens (including phenoxy) is 1. The maximum absolute atomic E-state index is 15.1. The van der Waals surface area contributed by atoms with E-state index >= 15 is 4.39 Å². The second-order valence-electron chi connectivity index (χ2n) is 11.1. The van der Waals surface area contributed by atoms with E-state index in [0.29, 0.717) is 47.9 Å². The first-order valence-electron chi connectivity index (χ1n) is 13.7. The number of rotatable bonds is 6. The number of nitrogens with zero attached hydrogens (tertiary/aromatic N) is 4. The molecule has 0 radical (unpaired) electrons. The molecule has 1 amide bonds. The van der Waals surface area contributed by atoms with Crippen LogP contribution in [0.25, 0.3) is 22.0 Å². The van der Waals surface area contributed by atoms with Gasteiger partial charge in [-0.1, -0.05) is 6.58 Å². The first-order chi connectivity index (χ1) is 19.2. The Morgan fingerprint density at radius 3 is 2.58 bits per heavy atom. The van der Waals surface area contributed by atoms with Crippen molar-refractivity contribution in [2.75, 3.05) is 30.3 Å². The maximum atomic E-state index is 15.1. The van der Waals surface area contributed by atoms with Gasteiger partial charge >= 0.3 is 5.69 Å². The number of hydrogen-bond acceptors (Lipinski definition) is 6. The number of hydrogen-bond donors (Lipinski definition) is 0. The third-order valence-electron chi connectivity index (χ3n) is 8.02. The van der Waals surface area contributed by atoms with Gasteiger partial charge in [0.1, 0.15) is 17.5 Å². The Balaban J connectivity index is 1.54. The quantitative estimate of drug-likeness (QED) is 0.388. The Labute approximate surface area is 235 Å². The summed E-state index contributed by atoms with van der Waals surface area (Å²) in [5, 5.41) is 0.796. The van der Waals surface area contributed by atoms with Gasteiger partial charge in [0.2, 0.25) is 5.91 Å². The minimum absolute atomic E-state index is 0.122. The highest BCUT2D eigenvalue weighted by atomic mass is 32.2. The van der Waals surface area contributed by atoms with Crippen LogP contribution in [0.4, 0.5) is 14.6 Å². The van der Waals surface area contributed by atoms with Crippen LogP contribution in [0.2, 0.25) is 0 Å². The molecule has 3 heterocycles. The molecule has 2 aliphatic heterocycles. The van der Waals surface area contributed by atoms with E-state index in [1.165, 1.54) is 18.2 Å². The maximum Gasteiger partial charge on any atom is 0.350 e. The van der Waals surface area contributed by atoms with Gasteiger partial charge in [-0.2, -0.15) is 4.98 Å². The predicted molar refractivity (Wildman–Crippen MR) is 153 cm³/mol. The highest BCUT2D eigenvalue weighted by Gasteiger charge is 2.36. The number of carbonyl (C=O) groups is 1. The van der Waals surface area contributed by atoms with E-state index in [0.717, 1.165) is 34.8 Å². The molecule has 0 N–H and O–H groups in total. The summed E-state index contributed by atoms with van der Waals surface area (Å²) in [7, 11) is 0. The molecule has 1 aliphatic carbocycles. The van der Waals surface area contributed by atoms with Crippen molar-refractivity contribution in [3.8, 4) is 11.1 Å². The molecule has 40 heavy (non-hydrogen) atoms. The van der Waals surface area contributed by atoms with E-state index in [2.05, 4.69) is 16.5 Å². The summed E-state index contributed by atoms with van der Waals surface area (Å²) in [5.74, 6) is -0.279. The Hall–Kier alpha value is -3.24. The molecule has 2 fully saturated rings. The number of aryl methyl sites for hydroxylation is 1. The Morgan fingerprint density at radius 1 is 1.20 bits per heavy atom. The lowest BCUT2D eigenvalue weighted by molar-refractivity contribution is -0.130. The van der Waals surface area contributed by atoms with Crippen molar-refractivity contribution < 1.29 is 18.3 Å². The van der Waals surface area contributed by atoms with Crippen LogP contribution >= 0.6 is 11.8 Å². The lowest BCUT2D eigenvalue weighted by Gasteiger charge is -2.45. The molecular weight excluding hydrogens is 534 g/mol. The topological polar surface area (TPSA) is 67.7 Å². The summed E-state index contributed by atoms with van der Waals surface area (Å²) >= 11 is 1.57. The average molecular weight is 567 g/mol. The van der Waals surface area contributed by atoms with Crippen LogP contribution in [0.1, 0.15) is 38.3 Å². The number of thioether (sulfide) groups is 1. The third kappa shape index (κ3) is 4.60. The summed E-state index contributed by atoms with van der Waals surface area (Å²) < 4.78 is 36.7. The smallest absolute Gasteiger partial charge is 0.350 e. The molecule has 0 spiro atoms. The highest BCUT2D eigenvalue weighted by Crippen LogP contribution is 2.46. The summed E-state index contributed by atoms with van der Waals surface area (Å²) in [4.78, 5) is 35.5. The molecule has 0 bridgehead atoms. The van der Waals surface area contributed by atoms with Crippen molar-refractivity contribution in [1.82, 2.24) is 14.5 Å². The van der Waals surface area contributed by atoms with Gasteiger partial charge in [0, 0.05) is 58.4 Å². The summed E-state index contributed by atoms with van der Waals surface area (Å²) in [5.41, 5.74) is 2.08. The molecule has 7 nitrogen and oxygen atoms in total. The Kier molecular flexibility index (Phi) is 6.94. The number of anilines is 1. The van der Waals surface area contributed by atoms with Gasteiger partial charge in [0.25, 0.3) is 0 Å². The van der Waals surface area contributed by atoms with Gasteiger partial charge in [-0.3, -0.25) is 9.36 Å². The zero-order chi connectivity index (χ0) is 28.3.